The molecule has 1 aromatic heterocycles. The molecule has 1 saturated carbocycles. The molecule has 0 aliphatic heterocycles. The zero-order valence-electron chi connectivity index (χ0n) is 33.5. The maximum absolute atomic E-state index is 13.9. The van der Waals surface area contributed by atoms with E-state index in [0.717, 1.165) is 55.2 Å². The van der Waals surface area contributed by atoms with E-state index in [9.17, 15) is 30.3 Å². The van der Waals surface area contributed by atoms with Crippen molar-refractivity contribution in [2.75, 3.05) is 6.73 Å². The number of phenols is 4. The lowest BCUT2D eigenvalue weighted by Crippen LogP contribution is -2.57. The molecule has 11 rings (SSSR count). The first-order valence-electron chi connectivity index (χ1n) is 21.5. The summed E-state index contributed by atoms with van der Waals surface area (Å²) in [7, 11) is 0. The molecular formula is C50H52N2O8. The maximum atomic E-state index is 13.9. The van der Waals surface area contributed by atoms with Crippen LogP contribution in [0.4, 0.5) is 0 Å². The first-order valence-corrected chi connectivity index (χ1v) is 21.5. The van der Waals surface area contributed by atoms with Crippen molar-refractivity contribution in [2.45, 2.75) is 93.7 Å². The van der Waals surface area contributed by atoms with Gasteiger partial charge in [-0.15, -0.1) is 0 Å². The number of Topliss-reactive ketones (excluding diaryl/α,β-unsaturated/α-hetero) is 1. The Morgan fingerprint density at radius 3 is 2.62 bits per heavy atom. The second kappa shape index (κ2) is 15.1. The highest BCUT2D eigenvalue weighted by molar-refractivity contribution is 5.79. The number of aryl methyl sites for hydroxylation is 2. The number of hydrogen-bond donors (Lipinski definition) is 7. The zero-order chi connectivity index (χ0) is 41.3. The number of carbonyl (C=O) groups is 1. The van der Waals surface area contributed by atoms with Crippen molar-refractivity contribution >= 4 is 5.78 Å². The number of allylic oxidation sites excluding steroid dienone is 1. The Labute approximate surface area is 349 Å². The molecule has 0 saturated heterocycles. The molecule has 1 heterocycles. The Morgan fingerprint density at radius 1 is 0.900 bits per heavy atom. The number of carbonyl (C=O) groups excluding carboxylic acids is 1. The molecule has 2 bridgehead atoms. The van der Waals surface area contributed by atoms with E-state index in [4.69, 9.17) is 15.2 Å². The molecule has 0 radical (unpaired) electrons. The van der Waals surface area contributed by atoms with Gasteiger partial charge in [-0.25, -0.2) is 0 Å². The van der Waals surface area contributed by atoms with Crippen molar-refractivity contribution in [3.63, 3.8) is 0 Å². The summed E-state index contributed by atoms with van der Waals surface area (Å²) in [6.07, 6.45) is 11.9. The molecule has 8 atom stereocenters. The van der Waals surface area contributed by atoms with Crippen molar-refractivity contribution in [1.82, 2.24) is 4.98 Å². The van der Waals surface area contributed by atoms with E-state index in [2.05, 4.69) is 47.6 Å². The summed E-state index contributed by atoms with van der Waals surface area (Å²) in [5.41, 5.74) is 15.1. The predicted octanol–water partition coefficient (Wildman–Crippen LogP) is 8.49. The van der Waals surface area contributed by atoms with Gasteiger partial charge in [0.25, 0.3) is 0 Å². The lowest BCUT2D eigenvalue weighted by atomic mass is 9.40. The Kier molecular flexibility index (Phi) is 9.68. The highest BCUT2D eigenvalue weighted by Gasteiger charge is 2.63. The molecule has 10 nitrogen and oxygen atoms in total. The summed E-state index contributed by atoms with van der Waals surface area (Å²) >= 11 is 0. The van der Waals surface area contributed by atoms with Crippen LogP contribution in [0.5, 0.6) is 34.5 Å². The molecular weight excluding hydrogens is 757 g/mol. The van der Waals surface area contributed by atoms with Gasteiger partial charge in [-0.1, -0.05) is 55.0 Å². The van der Waals surface area contributed by atoms with Gasteiger partial charge in [0.1, 0.15) is 24.9 Å². The van der Waals surface area contributed by atoms with E-state index in [0.29, 0.717) is 17.9 Å². The van der Waals surface area contributed by atoms with Crippen LogP contribution in [0, 0.1) is 17.8 Å². The first-order chi connectivity index (χ1) is 29.2. The number of nitrogens with one attached hydrogen (secondary N) is 1. The molecule has 5 aromatic rings. The number of H-pyrrole nitrogens is 1. The second-order valence-corrected chi connectivity index (χ2v) is 17.7. The summed E-state index contributed by atoms with van der Waals surface area (Å²) in [4.78, 5) is 17.5. The zero-order valence-corrected chi connectivity index (χ0v) is 33.5. The van der Waals surface area contributed by atoms with Crippen LogP contribution in [0.25, 0.3) is 11.3 Å². The van der Waals surface area contributed by atoms with Gasteiger partial charge < -0.3 is 40.0 Å². The van der Waals surface area contributed by atoms with E-state index < -0.39 is 12.0 Å². The van der Waals surface area contributed by atoms with Crippen LogP contribution < -0.4 is 15.2 Å². The number of aliphatic hydroxyl groups excluding tert-OH is 1. The minimum atomic E-state index is -1.03. The van der Waals surface area contributed by atoms with Crippen LogP contribution in [0.2, 0.25) is 0 Å². The summed E-state index contributed by atoms with van der Waals surface area (Å²) in [5.74, 6) is -0.521. The van der Waals surface area contributed by atoms with E-state index in [1.165, 1.54) is 34.0 Å². The largest absolute Gasteiger partial charge is 0.508 e. The number of phenolic OH excluding ortho intramolecular Hbond substituents is 4. The molecule has 60 heavy (non-hydrogen) atoms. The fraction of sp³-hybridized carbons (Fsp3) is 0.380. The van der Waals surface area contributed by atoms with Crippen molar-refractivity contribution in [1.29, 1.82) is 0 Å². The summed E-state index contributed by atoms with van der Waals surface area (Å²) in [5, 5.41) is 56.0. The second-order valence-electron chi connectivity index (χ2n) is 17.7. The van der Waals surface area contributed by atoms with Gasteiger partial charge in [-0.3, -0.25) is 10.5 Å². The molecule has 6 aliphatic carbocycles. The third kappa shape index (κ3) is 6.09. The lowest BCUT2D eigenvalue weighted by molar-refractivity contribution is -0.121. The number of hydrogen-bond acceptors (Lipinski definition) is 9. The lowest BCUT2D eigenvalue weighted by Gasteiger charge is -2.63. The van der Waals surface area contributed by atoms with Gasteiger partial charge in [0.2, 0.25) is 5.75 Å². The van der Waals surface area contributed by atoms with Crippen LogP contribution in [0.15, 0.2) is 91.1 Å². The molecule has 1 fully saturated rings. The van der Waals surface area contributed by atoms with Gasteiger partial charge in [0.15, 0.2) is 23.0 Å². The van der Waals surface area contributed by atoms with Crippen molar-refractivity contribution in [3.8, 4) is 45.8 Å². The Morgan fingerprint density at radius 2 is 1.77 bits per heavy atom. The van der Waals surface area contributed by atoms with Crippen molar-refractivity contribution < 1.29 is 39.8 Å². The van der Waals surface area contributed by atoms with Crippen LogP contribution >= 0.6 is 0 Å². The SMILES string of the molecule is NCOc1cc(CCC(=O)CC(O)C2C=CC3CC(C45c6c7cccc6-c6[nH]ccc6C4CCCC5CC7)C2c2cc(O)c(O)c(OCc4cccc(O)c4)c23)ccc1O. The smallest absolute Gasteiger partial charge is 0.200 e. The normalized spacial score (nSPS) is 26.0. The number of benzene rings is 4. The number of ketones is 1. The number of fused-ring (bicyclic) bond motifs is 5. The number of rotatable bonds is 12. The average Bonchev–Trinajstić information content (AvgIpc) is 3.59. The van der Waals surface area contributed by atoms with E-state index in [1.807, 2.05) is 6.07 Å². The summed E-state index contributed by atoms with van der Waals surface area (Å²) in [6.45, 7) is -0.0291. The van der Waals surface area contributed by atoms with E-state index in [-0.39, 0.29) is 95.5 Å². The van der Waals surface area contributed by atoms with Crippen molar-refractivity contribution in [2.24, 2.45) is 23.5 Å². The fourth-order valence-electron chi connectivity index (χ4n) is 12.6. The molecule has 4 aromatic carbocycles. The molecule has 0 spiro atoms. The Hall–Kier alpha value is -5.71. The van der Waals surface area contributed by atoms with Gasteiger partial charge >= 0.3 is 0 Å². The topological polar surface area (TPSA) is 178 Å². The summed E-state index contributed by atoms with van der Waals surface area (Å²) < 4.78 is 11.8. The quantitative estimate of drug-likeness (QED) is 0.0370. The van der Waals surface area contributed by atoms with E-state index in [1.54, 1.807) is 36.4 Å². The fourth-order valence-corrected chi connectivity index (χ4v) is 12.6. The number of aromatic nitrogens is 1. The molecule has 8 N–H and O–H groups in total. The minimum Gasteiger partial charge on any atom is -0.508 e. The highest BCUT2D eigenvalue weighted by Crippen LogP contribution is 2.71. The highest BCUT2D eigenvalue weighted by atomic mass is 16.5. The molecule has 310 valence electrons. The molecule has 10 heteroatoms. The maximum Gasteiger partial charge on any atom is 0.200 e. The molecule has 8 unspecified atom stereocenters. The monoisotopic (exact) mass is 808 g/mol. The van der Waals surface area contributed by atoms with Crippen LogP contribution in [0.1, 0.15) is 102 Å². The number of aromatic amines is 1. The average molecular weight is 809 g/mol. The molecule has 0 amide bonds. The van der Waals surface area contributed by atoms with Crippen molar-refractivity contribution in [3.05, 3.63) is 130 Å². The summed E-state index contributed by atoms with van der Waals surface area (Å²) in [6, 6.07) is 22.5. The van der Waals surface area contributed by atoms with Gasteiger partial charge in [0, 0.05) is 53.1 Å². The van der Waals surface area contributed by atoms with Crippen LogP contribution in [-0.2, 0) is 29.7 Å². The Balaban J connectivity index is 1.08. The standard InChI is InChI=1S/C50H52N2O8/c51-26-60-43-21-27(11-17-40(43)55)10-15-33(54)23-41(56)35-16-13-30-22-39(45(35)37-24-42(57)48(58)49(44(30)37)59-25-28-4-1-7-32(53)20-28)50-31-6-3-9-38(50)34-18-19-52-47(34)36-8-2-5-29(12-14-31)46(36)50/h1-2,4-5,7-8,11,13,16-21,24,30-31,35,38-39,41,45,52-53,55-58H,3,6,9-10,12,14-15,22-23,25-26,51H2. The van der Waals surface area contributed by atoms with Crippen LogP contribution in [-0.4, -0.2) is 49.1 Å². The minimum absolute atomic E-state index is 0.0131. The van der Waals surface area contributed by atoms with E-state index >= 15 is 0 Å². The first kappa shape index (κ1) is 38.5. The van der Waals surface area contributed by atoms with Crippen LogP contribution in [0.3, 0.4) is 0 Å². The number of aliphatic hydroxyl groups is 1. The van der Waals surface area contributed by atoms with Gasteiger partial charge in [-0.05, 0) is 132 Å². The molecule has 6 aliphatic rings. The van der Waals surface area contributed by atoms with Gasteiger partial charge in [-0.2, -0.15) is 0 Å². The third-order valence-corrected chi connectivity index (χ3v) is 14.8. The number of ether oxygens (including phenoxy) is 2. The number of nitrogens with two attached hydrogens (primary N) is 1. The van der Waals surface area contributed by atoms with Gasteiger partial charge in [0.05, 0.1) is 6.10 Å². The predicted molar refractivity (Wildman–Crippen MR) is 226 cm³/mol. The number of aromatic hydroxyl groups is 4. The Bertz CT molecular complexity index is 2510. The third-order valence-electron chi connectivity index (χ3n) is 14.8.